The molecule has 1 saturated carbocycles. The van der Waals surface area contributed by atoms with Crippen LogP contribution in [0.3, 0.4) is 0 Å². The average molecular weight is 275 g/mol. The van der Waals surface area contributed by atoms with E-state index in [2.05, 4.69) is 23.9 Å². The molecule has 1 aliphatic heterocycles. The van der Waals surface area contributed by atoms with Gasteiger partial charge in [-0.3, -0.25) is 0 Å². The molecule has 0 radical (unpaired) electrons. The zero-order chi connectivity index (χ0) is 14.0. The van der Waals surface area contributed by atoms with Gasteiger partial charge in [0.15, 0.2) is 0 Å². The van der Waals surface area contributed by atoms with Gasteiger partial charge in [0.1, 0.15) is 18.4 Å². The number of rotatable bonds is 3. The molecule has 2 aliphatic rings. The molecule has 4 nitrogen and oxygen atoms in total. The van der Waals surface area contributed by atoms with Crippen LogP contribution in [0, 0.1) is 11.3 Å². The molecule has 1 aromatic heterocycles. The molecule has 0 bridgehead atoms. The monoisotopic (exact) mass is 275 g/mol. The molecule has 0 N–H and O–H groups in total. The lowest BCUT2D eigenvalue weighted by Gasteiger charge is -2.26. The molecule has 0 unspecified atom stereocenters. The summed E-state index contributed by atoms with van der Waals surface area (Å²) in [5, 5.41) is 4.36. The van der Waals surface area contributed by atoms with E-state index < -0.39 is 0 Å². The summed E-state index contributed by atoms with van der Waals surface area (Å²) in [5.74, 6) is 1.91. The predicted octanol–water partition coefficient (Wildman–Crippen LogP) is 3.86. The Labute approximate surface area is 121 Å². The van der Waals surface area contributed by atoms with Gasteiger partial charge >= 0.3 is 0 Å². The predicted molar refractivity (Wildman–Crippen MR) is 78.8 cm³/mol. The van der Waals surface area contributed by atoms with Crippen LogP contribution in [-0.2, 0) is 4.74 Å². The minimum absolute atomic E-state index is 0.121. The quantitative estimate of drug-likeness (QED) is 0.841. The van der Waals surface area contributed by atoms with Crippen LogP contribution >= 0.6 is 0 Å². The Hall–Kier alpha value is -1.32. The average Bonchev–Trinajstić information content (AvgIpc) is 3.07. The lowest BCUT2D eigenvalue weighted by Crippen LogP contribution is -2.17. The van der Waals surface area contributed by atoms with Crippen LogP contribution in [0.1, 0.15) is 58.8 Å². The number of aromatic nitrogens is 3. The zero-order valence-electron chi connectivity index (χ0n) is 12.6. The first-order chi connectivity index (χ1) is 9.67. The van der Waals surface area contributed by atoms with Crippen molar-refractivity contribution < 1.29 is 4.74 Å². The van der Waals surface area contributed by atoms with Crippen LogP contribution in [0.4, 0.5) is 0 Å². The fraction of sp³-hybridized carbons (Fsp3) is 0.750. The first-order valence-corrected chi connectivity index (χ1v) is 7.88. The van der Waals surface area contributed by atoms with Crippen molar-refractivity contribution in [1.82, 2.24) is 14.8 Å². The maximum atomic E-state index is 5.99. The minimum atomic E-state index is 0.121. The summed E-state index contributed by atoms with van der Waals surface area (Å²) in [6, 6.07) is 0. The normalized spacial score (nSPS) is 25.5. The van der Waals surface area contributed by atoms with E-state index in [0.29, 0.717) is 0 Å². The smallest absolute Gasteiger partial charge is 0.138 e. The summed E-state index contributed by atoms with van der Waals surface area (Å²) in [5.41, 5.74) is 1.35. The highest BCUT2D eigenvalue weighted by atomic mass is 16.5. The fourth-order valence-corrected chi connectivity index (χ4v) is 3.49. The Balaban J connectivity index is 1.90. The van der Waals surface area contributed by atoms with Crippen molar-refractivity contribution >= 4 is 5.70 Å². The number of hydrogen-bond acceptors (Lipinski definition) is 3. The Kier molecular flexibility index (Phi) is 3.81. The molecule has 1 aliphatic carbocycles. The molecule has 110 valence electrons. The zero-order valence-corrected chi connectivity index (χ0v) is 12.6. The third-order valence-corrected chi connectivity index (χ3v) is 4.75. The Morgan fingerprint density at radius 3 is 2.75 bits per heavy atom. The highest BCUT2D eigenvalue weighted by Crippen LogP contribution is 2.42. The summed E-state index contributed by atoms with van der Waals surface area (Å²) in [4.78, 5) is 4.12. The topological polar surface area (TPSA) is 39.9 Å². The van der Waals surface area contributed by atoms with Crippen molar-refractivity contribution in [2.24, 2.45) is 11.3 Å². The molecule has 2 fully saturated rings. The van der Waals surface area contributed by atoms with Crippen molar-refractivity contribution in [2.75, 3.05) is 6.61 Å². The molecule has 1 saturated heterocycles. The van der Waals surface area contributed by atoms with Gasteiger partial charge in [-0.05, 0) is 18.8 Å². The van der Waals surface area contributed by atoms with Gasteiger partial charge in [0.05, 0.1) is 12.3 Å². The fourth-order valence-electron chi connectivity index (χ4n) is 3.49. The van der Waals surface area contributed by atoms with E-state index in [1.165, 1.54) is 37.8 Å². The van der Waals surface area contributed by atoms with Crippen molar-refractivity contribution in [1.29, 1.82) is 0 Å². The van der Waals surface area contributed by atoms with Gasteiger partial charge in [0, 0.05) is 5.41 Å². The van der Waals surface area contributed by atoms with Gasteiger partial charge in [-0.2, -0.15) is 5.10 Å². The molecule has 0 spiro atoms. The van der Waals surface area contributed by atoms with Crippen LogP contribution in [0.2, 0.25) is 0 Å². The maximum absolute atomic E-state index is 5.99. The van der Waals surface area contributed by atoms with Crippen LogP contribution in [0.25, 0.3) is 5.70 Å². The molecule has 1 aromatic rings. The minimum Gasteiger partial charge on any atom is -0.495 e. The molecule has 20 heavy (non-hydrogen) atoms. The van der Waals surface area contributed by atoms with E-state index in [1.54, 1.807) is 6.33 Å². The summed E-state index contributed by atoms with van der Waals surface area (Å²) < 4.78 is 7.91. The first-order valence-electron chi connectivity index (χ1n) is 7.88. The Bertz CT molecular complexity index is 470. The van der Waals surface area contributed by atoms with Crippen LogP contribution in [-0.4, -0.2) is 21.4 Å². The van der Waals surface area contributed by atoms with Crippen molar-refractivity contribution in [2.45, 2.75) is 58.8 Å². The third kappa shape index (κ3) is 2.74. The lowest BCUT2D eigenvalue weighted by atomic mass is 9.83. The van der Waals surface area contributed by atoms with Crippen LogP contribution < -0.4 is 0 Å². The first kappa shape index (κ1) is 13.7. The second-order valence-corrected chi connectivity index (χ2v) is 6.81. The van der Waals surface area contributed by atoms with Gasteiger partial charge in [-0.15, -0.1) is 0 Å². The summed E-state index contributed by atoms with van der Waals surface area (Å²) in [6.07, 6.45) is 12.4. The van der Waals surface area contributed by atoms with E-state index in [4.69, 9.17) is 4.74 Å². The Morgan fingerprint density at radius 2 is 2.15 bits per heavy atom. The molecule has 0 atom stereocenters. The van der Waals surface area contributed by atoms with Crippen molar-refractivity contribution in [3.8, 4) is 0 Å². The van der Waals surface area contributed by atoms with E-state index in [0.717, 1.165) is 31.1 Å². The van der Waals surface area contributed by atoms with Gasteiger partial charge in [-0.1, -0.05) is 46.0 Å². The molecular weight excluding hydrogens is 250 g/mol. The van der Waals surface area contributed by atoms with Gasteiger partial charge in [-0.25, -0.2) is 9.67 Å². The SMILES string of the molecule is CC1(C)CCOC1=C(CC1CCCCC1)n1cncn1. The molecule has 0 aromatic carbocycles. The summed E-state index contributed by atoms with van der Waals surface area (Å²) >= 11 is 0. The van der Waals surface area contributed by atoms with E-state index in [9.17, 15) is 0 Å². The van der Waals surface area contributed by atoms with Crippen LogP contribution in [0.5, 0.6) is 0 Å². The number of ether oxygens (including phenoxy) is 1. The number of nitrogens with zero attached hydrogens (tertiary/aromatic N) is 3. The largest absolute Gasteiger partial charge is 0.495 e. The standard InChI is InChI=1S/C16H25N3O/c1-16(2)8-9-20-15(16)14(19-12-17-11-18-19)10-13-6-4-3-5-7-13/h11-13H,3-10H2,1-2H3. The maximum Gasteiger partial charge on any atom is 0.138 e. The third-order valence-electron chi connectivity index (χ3n) is 4.75. The van der Waals surface area contributed by atoms with E-state index in [-0.39, 0.29) is 5.41 Å². The molecular formula is C16H25N3O. The van der Waals surface area contributed by atoms with Crippen LogP contribution in [0.15, 0.2) is 18.4 Å². The summed E-state index contributed by atoms with van der Waals surface area (Å²) in [7, 11) is 0. The molecule has 4 heteroatoms. The van der Waals surface area contributed by atoms with Gasteiger partial charge in [0.2, 0.25) is 0 Å². The molecule has 3 rings (SSSR count). The van der Waals surface area contributed by atoms with Crippen molar-refractivity contribution in [3.05, 3.63) is 18.4 Å². The van der Waals surface area contributed by atoms with Gasteiger partial charge < -0.3 is 4.74 Å². The number of hydrogen-bond donors (Lipinski definition) is 0. The second kappa shape index (κ2) is 5.58. The molecule has 2 heterocycles. The van der Waals surface area contributed by atoms with E-state index >= 15 is 0 Å². The second-order valence-electron chi connectivity index (χ2n) is 6.81. The lowest BCUT2D eigenvalue weighted by molar-refractivity contribution is 0.246. The van der Waals surface area contributed by atoms with Crippen molar-refractivity contribution in [3.63, 3.8) is 0 Å². The van der Waals surface area contributed by atoms with E-state index in [1.807, 2.05) is 11.0 Å². The highest BCUT2D eigenvalue weighted by Gasteiger charge is 2.35. The Morgan fingerprint density at radius 1 is 1.35 bits per heavy atom. The number of allylic oxidation sites excluding steroid dienone is 2. The highest BCUT2D eigenvalue weighted by molar-refractivity contribution is 5.49. The molecule has 0 amide bonds. The van der Waals surface area contributed by atoms with Gasteiger partial charge in [0.25, 0.3) is 0 Å². The summed E-state index contributed by atoms with van der Waals surface area (Å²) in [6.45, 7) is 5.37.